The molecule has 1 rings (SSSR count). The van der Waals surface area contributed by atoms with Crippen molar-refractivity contribution in [2.24, 2.45) is 0 Å². The van der Waals surface area contributed by atoms with Gasteiger partial charge in [0.05, 0.1) is 0 Å². The number of aromatic nitrogens is 1. The highest BCUT2D eigenvalue weighted by Crippen LogP contribution is 1.94. The van der Waals surface area contributed by atoms with Crippen molar-refractivity contribution in [1.29, 1.82) is 0 Å². The van der Waals surface area contributed by atoms with Gasteiger partial charge in [0, 0.05) is 30.4 Å². The smallest absolute Gasteiger partial charge is 0.0434 e. The maximum Gasteiger partial charge on any atom is 0.0434 e. The molecule has 0 amide bonds. The lowest BCUT2D eigenvalue weighted by Gasteiger charge is -1.86. The molecular formula is C11H12N. The molecule has 0 saturated heterocycles. The zero-order valence-corrected chi connectivity index (χ0v) is 7.30. The molecule has 1 heterocycles. The molecular weight excluding hydrogens is 146 g/mol. The van der Waals surface area contributed by atoms with Crippen molar-refractivity contribution < 1.29 is 0 Å². The Kier molecular flexibility index (Phi) is 3.94. The van der Waals surface area contributed by atoms with Crippen molar-refractivity contribution in [2.75, 3.05) is 0 Å². The van der Waals surface area contributed by atoms with Gasteiger partial charge in [-0.05, 0) is 12.5 Å². The summed E-state index contributed by atoms with van der Waals surface area (Å²) < 4.78 is 0. The third-order valence-corrected chi connectivity index (χ3v) is 1.49. The average molecular weight is 158 g/mol. The molecule has 0 bridgehead atoms. The maximum atomic E-state index is 3.93. The second kappa shape index (κ2) is 5.37. The molecule has 1 heteroatoms. The van der Waals surface area contributed by atoms with Crippen LogP contribution in [0.4, 0.5) is 0 Å². The number of hydrogen-bond donors (Lipinski definition) is 0. The zero-order chi connectivity index (χ0) is 8.65. The number of unbranched alkanes of at least 4 members (excludes halogenated alkanes) is 2. The van der Waals surface area contributed by atoms with Gasteiger partial charge in [0.15, 0.2) is 0 Å². The maximum absolute atomic E-state index is 3.93. The molecule has 1 radical (unpaired) electrons. The van der Waals surface area contributed by atoms with Gasteiger partial charge in [0.25, 0.3) is 0 Å². The molecule has 0 N–H and O–H groups in total. The Morgan fingerprint density at radius 1 is 1.58 bits per heavy atom. The minimum atomic E-state index is 0.952. The summed E-state index contributed by atoms with van der Waals surface area (Å²) in [4.78, 5) is 3.93. The summed E-state index contributed by atoms with van der Waals surface area (Å²) in [7, 11) is 0. The van der Waals surface area contributed by atoms with Crippen molar-refractivity contribution in [3.8, 4) is 11.8 Å². The molecule has 12 heavy (non-hydrogen) atoms. The van der Waals surface area contributed by atoms with Crippen LogP contribution in [-0.2, 0) is 0 Å². The summed E-state index contributed by atoms with van der Waals surface area (Å²) in [6, 6.07) is 4.74. The molecule has 0 fully saturated rings. The summed E-state index contributed by atoms with van der Waals surface area (Å²) >= 11 is 0. The number of hydrogen-bond acceptors (Lipinski definition) is 1. The number of rotatable bonds is 2. The molecule has 0 atom stereocenters. The minimum Gasteiger partial charge on any atom is -0.263 e. The van der Waals surface area contributed by atoms with Crippen LogP contribution in [0.25, 0.3) is 0 Å². The number of pyridine rings is 1. The SMILES string of the molecule is CCCCC#Cc1c[c]cnc1. The van der Waals surface area contributed by atoms with Crippen LogP contribution in [0, 0.1) is 17.9 Å². The Morgan fingerprint density at radius 2 is 2.50 bits per heavy atom. The first-order valence-electron chi connectivity index (χ1n) is 4.23. The van der Waals surface area contributed by atoms with E-state index < -0.39 is 0 Å². The second-order valence-corrected chi connectivity index (χ2v) is 2.58. The van der Waals surface area contributed by atoms with E-state index in [1.807, 2.05) is 6.07 Å². The van der Waals surface area contributed by atoms with Crippen molar-refractivity contribution in [3.63, 3.8) is 0 Å². The van der Waals surface area contributed by atoms with Gasteiger partial charge in [0.1, 0.15) is 0 Å². The molecule has 0 aliphatic carbocycles. The highest BCUT2D eigenvalue weighted by molar-refractivity contribution is 5.30. The second-order valence-electron chi connectivity index (χ2n) is 2.58. The molecule has 61 valence electrons. The topological polar surface area (TPSA) is 12.9 Å². The van der Waals surface area contributed by atoms with Crippen LogP contribution in [0.3, 0.4) is 0 Å². The van der Waals surface area contributed by atoms with E-state index in [-0.39, 0.29) is 0 Å². The van der Waals surface area contributed by atoms with Crippen LogP contribution in [0.5, 0.6) is 0 Å². The molecule has 0 spiro atoms. The van der Waals surface area contributed by atoms with Gasteiger partial charge in [-0.2, -0.15) is 0 Å². The molecule has 1 nitrogen and oxygen atoms in total. The van der Waals surface area contributed by atoms with Crippen molar-refractivity contribution in [3.05, 3.63) is 30.1 Å². The minimum absolute atomic E-state index is 0.952. The molecule has 0 aliphatic heterocycles. The normalized spacial score (nSPS) is 8.75. The van der Waals surface area contributed by atoms with Gasteiger partial charge in [0.2, 0.25) is 0 Å². The van der Waals surface area contributed by atoms with Gasteiger partial charge >= 0.3 is 0 Å². The first-order valence-corrected chi connectivity index (χ1v) is 4.23. The molecule has 0 aliphatic rings. The van der Waals surface area contributed by atoms with E-state index in [1.54, 1.807) is 12.4 Å². The fraction of sp³-hybridized carbons (Fsp3) is 0.364. The summed E-state index contributed by atoms with van der Waals surface area (Å²) in [5.41, 5.74) is 0.952. The zero-order valence-electron chi connectivity index (χ0n) is 7.30. The van der Waals surface area contributed by atoms with Gasteiger partial charge < -0.3 is 0 Å². The highest BCUT2D eigenvalue weighted by Gasteiger charge is 1.82. The van der Waals surface area contributed by atoms with Crippen LogP contribution in [-0.4, -0.2) is 4.98 Å². The van der Waals surface area contributed by atoms with Crippen LogP contribution >= 0.6 is 0 Å². The fourth-order valence-corrected chi connectivity index (χ4v) is 0.823. The van der Waals surface area contributed by atoms with E-state index in [1.165, 1.54) is 12.8 Å². The van der Waals surface area contributed by atoms with E-state index >= 15 is 0 Å². The molecule has 0 saturated carbocycles. The first-order chi connectivity index (χ1) is 5.93. The van der Waals surface area contributed by atoms with Gasteiger partial charge in [-0.15, -0.1) is 0 Å². The van der Waals surface area contributed by atoms with Gasteiger partial charge in [-0.25, -0.2) is 0 Å². The first kappa shape index (κ1) is 8.80. The fourth-order valence-electron chi connectivity index (χ4n) is 0.823. The summed E-state index contributed by atoms with van der Waals surface area (Å²) in [5, 5.41) is 0. The molecule has 1 aromatic rings. The van der Waals surface area contributed by atoms with E-state index in [0.717, 1.165) is 12.0 Å². The van der Waals surface area contributed by atoms with Gasteiger partial charge in [-0.3, -0.25) is 4.98 Å². The highest BCUT2D eigenvalue weighted by atomic mass is 14.6. The summed E-state index contributed by atoms with van der Waals surface area (Å²) in [6.07, 6.45) is 6.75. The predicted octanol–water partition coefficient (Wildman–Crippen LogP) is 2.42. The summed E-state index contributed by atoms with van der Waals surface area (Å²) in [6.45, 7) is 2.17. The van der Waals surface area contributed by atoms with Crippen molar-refractivity contribution in [2.45, 2.75) is 26.2 Å². The average Bonchev–Trinajstić information content (AvgIpc) is 2.14. The lowest BCUT2D eigenvalue weighted by molar-refractivity contribution is 0.828. The predicted molar refractivity (Wildman–Crippen MR) is 49.5 cm³/mol. The third-order valence-electron chi connectivity index (χ3n) is 1.49. The van der Waals surface area contributed by atoms with E-state index in [4.69, 9.17) is 0 Å². The largest absolute Gasteiger partial charge is 0.263 e. The molecule has 1 aromatic heterocycles. The third kappa shape index (κ3) is 3.21. The van der Waals surface area contributed by atoms with Crippen molar-refractivity contribution >= 4 is 0 Å². The quantitative estimate of drug-likeness (QED) is 0.476. The monoisotopic (exact) mass is 158 g/mol. The number of nitrogens with zero attached hydrogens (tertiary/aromatic N) is 1. The van der Waals surface area contributed by atoms with Crippen LogP contribution < -0.4 is 0 Å². The molecule has 0 unspecified atom stereocenters. The Labute approximate surface area is 73.8 Å². The standard InChI is InChI=1S/C11H12N/c1-2-3-4-5-7-11-8-6-9-12-10-11/h8-10H,2-4H2,1H3. The van der Waals surface area contributed by atoms with E-state index in [9.17, 15) is 0 Å². The van der Waals surface area contributed by atoms with E-state index in [2.05, 4.69) is 29.8 Å². The Morgan fingerprint density at radius 3 is 3.17 bits per heavy atom. The van der Waals surface area contributed by atoms with Crippen molar-refractivity contribution in [1.82, 2.24) is 4.98 Å². The van der Waals surface area contributed by atoms with Crippen LogP contribution in [0.1, 0.15) is 31.7 Å². The molecule has 0 aromatic carbocycles. The van der Waals surface area contributed by atoms with Gasteiger partial charge in [-0.1, -0.05) is 25.2 Å². The Bertz CT molecular complexity index is 266. The van der Waals surface area contributed by atoms with Crippen LogP contribution in [0.15, 0.2) is 18.5 Å². The summed E-state index contributed by atoms with van der Waals surface area (Å²) in [5.74, 6) is 6.13. The Balaban J connectivity index is 2.44. The lowest BCUT2D eigenvalue weighted by atomic mass is 10.2. The van der Waals surface area contributed by atoms with Crippen LogP contribution in [0.2, 0.25) is 0 Å². The lowest BCUT2D eigenvalue weighted by Crippen LogP contribution is -1.75. The Hall–Kier alpha value is -1.29. The van der Waals surface area contributed by atoms with E-state index in [0.29, 0.717) is 0 Å².